The van der Waals surface area contributed by atoms with Crippen LogP contribution in [0.15, 0.2) is 0 Å². The van der Waals surface area contributed by atoms with E-state index in [0.717, 1.165) is 32.4 Å². The Morgan fingerprint density at radius 1 is 1.33 bits per heavy atom. The number of unbranched alkanes of at least 4 members (excludes halogenated alkanes) is 1. The number of nitrogens with two attached hydrogens (primary N) is 1. The van der Waals surface area contributed by atoms with Crippen LogP contribution in [0.2, 0.25) is 0 Å². The summed E-state index contributed by atoms with van der Waals surface area (Å²) < 4.78 is 0. The highest BCUT2D eigenvalue weighted by atomic mass is 16.1. The molecule has 0 spiro atoms. The molecule has 0 aliphatic rings. The summed E-state index contributed by atoms with van der Waals surface area (Å²) in [6, 6.07) is 0.594. The molecule has 1 unspecified atom stereocenters. The van der Waals surface area contributed by atoms with Gasteiger partial charge in [-0.25, -0.2) is 0 Å². The van der Waals surface area contributed by atoms with Crippen molar-refractivity contribution in [2.45, 2.75) is 65.0 Å². The first-order chi connectivity index (χ1) is 8.37. The van der Waals surface area contributed by atoms with Gasteiger partial charge < -0.3 is 16.0 Å². The first-order valence-electron chi connectivity index (χ1n) is 7.10. The van der Waals surface area contributed by atoms with Crippen molar-refractivity contribution in [3.05, 3.63) is 0 Å². The lowest BCUT2D eigenvalue weighted by atomic mass is 9.94. The molecule has 0 heterocycles. The lowest BCUT2D eigenvalue weighted by Crippen LogP contribution is -2.51. The van der Waals surface area contributed by atoms with Gasteiger partial charge in [-0.15, -0.1) is 0 Å². The molecule has 4 heteroatoms. The molecule has 108 valence electrons. The fourth-order valence-electron chi connectivity index (χ4n) is 2.08. The third-order valence-electron chi connectivity index (χ3n) is 3.71. The summed E-state index contributed by atoms with van der Waals surface area (Å²) in [5, 5.41) is 3.03. The fourth-order valence-corrected chi connectivity index (χ4v) is 2.08. The molecule has 0 saturated heterocycles. The van der Waals surface area contributed by atoms with E-state index in [0.29, 0.717) is 6.04 Å². The Morgan fingerprint density at radius 2 is 1.94 bits per heavy atom. The molecule has 0 saturated carbocycles. The number of likely N-dealkylation sites (N-methyl/N-ethyl adjacent to an activating group) is 1. The lowest BCUT2D eigenvalue weighted by molar-refractivity contribution is -0.123. The summed E-state index contributed by atoms with van der Waals surface area (Å²) in [6.07, 6.45) is 4.13. The number of carbonyl (C=O) groups excluding carboxylic acids is 1. The molecule has 0 aromatic carbocycles. The summed E-state index contributed by atoms with van der Waals surface area (Å²) in [5.74, 6) is -0.265. The molecule has 0 aliphatic carbocycles. The summed E-state index contributed by atoms with van der Waals surface area (Å²) in [4.78, 5) is 13.8. The van der Waals surface area contributed by atoms with Crippen LogP contribution in [0.3, 0.4) is 0 Å². The number of primary amides is 1. The van der Waals surface area contributed by atoms with Crippen molar-refractivity contribution >= 4 is 5.91 Å². The molecule has 0 aliphatic heterocycles. The smallest absolute Gasteiger partial charge is 0.237 e. The van der Waals surface area contributed by atoms with Gasteiger partial charge in [-0.3, -0.25) is 4.79 Å². The van der Waals surface area contributed by atoms with Gasteiger partial charge in [0.05, 0.1) is 5.54 Å². The van der Waals surface area contributed by atoms with E-state index in [1.165, 1.54) is 6.42 Å². The van der Waals surface area contributed by atoms with E-state index in [1.54, 1.807) is 7.05 Å². The number of amides is 1. The molecule has 0 bridgehead atoms. The minimum absolute atomic E-state index is 0.265. The van der Waals surface area contributed by atoms with Crippen molar-refractivity contribution in [1.29, 1.82) is 0 Å². The maximum absolute atomic E-state index is 11.3. The van der Waals surface area contributed by atoms with Crippen molar-refractivity contribution in [3.63, 3.8) is 0 Å². The Hall–Kier alpha value is -0.610. The van der Waals surface area contributed by atoms with Crippen LogP contribution in [-0.4, -0.2) is 42.5 Å². The number of nitrogens with one attached hydrogen (secondary N) is 1. The van der Waals surface area contributed by atoms with E-state index in [2.05, 4.69) is 31.0 Å². The highest BCUT2D eigenvalue weighted by Gasteiger charge is 2.27. The minimum Gasteiger partial charge on any atom is -0.368 e. The second-order valence-electron chi connectivity index (χ2n) is 5.53. The topological polar surface area (TPSA) is 58.4 Å². The van der Waals surface area contributed by atoms with Gasteiger partial charge in [-0.2, -0.15) is 0 Å². The Labute approximate surface area is 112 Å². The number of hydrogen-bond donors (Lipinski definition) is 2. The SMILES string of the molecule is CCCN(CCCCC(C)(NC)C(N)=O)C(C)C. The molecule has 0 radical (unpaired) electrons. The normalized spacial score (nSPS) is 15.1. The summed E-state index contributed by atoms with van der Waals surface area (Å²) in [7, 11) is 1.79. The first-order valence-corrected chi connectivity index (χ1v) is 7.10. The monoisotopic (exact) mass is 257 g/mol. The van der Waals surface area contributed by atoms with Gasteiger partial charge in [0.25, 0.3) is 0 Å². The van der Waals surface area contributed by atoms with E-state index in [9.17, 15) is 4.79 Å². The average molecular weight is 257 g/mol. The quantitative estimate of drug-likeness (QED) is 0.586. The highest BCUT2D eigenvalue weighted by Crippen LogP contribution is 2.13. The second kappa shape index (κ2) is 8.48. The van der Waals surface area contributed by atoms with Gasteiger partial charge in [-0.05, 0) is 66.6 Å². The predicted molar refractivity (Wildman–Crippen MR) is 77.5 cm³/mol. The van der Waals surface area contributed by atoms with Crippen LogP contribution in [0.5, 0.6) is 0 Å². The molecule has 18 heavy (non-hydrogen) atoms. The van der Waals surface area contributed by atoms with E-state index in [1.807, 2.05) is 6.92 Å². The van der Waals surface area contributed by atoms with Crippen molar-refractivity contribution in [1.82, 2.24) is 10.2 Å². The molecule has 3 N–H and O–H groups in total. The van der Waals surface area contributed by atoms with Gasteiger partial charge in [0.2, 0.25) is 5.91 Å². The summed E-state index contributed by atoms with van der Waals surface area (Å²) >= 11 is 0. The van der Waals surface area contributed by atoms with Gasteiger partial charge >= 0.3 is 0 Å². The number of rotatable bonds is 10. The molecule has 0 aromatic heterocycles. The van der Waals surface area contributed by atoms with Crippen LogP contribution in [0, 0.1) is 0 Å². The van der Waals surface area contributed by atoms with Gasteiger partial charge in [0.15, 0.2) is 0 Å². The molecular weight excluding hydrogens is 226 g/mol. The lowest BCUT2D eigenvalue weighted by Gasteiger charge is -2.28. The first kappa shape index (κ1) is 17.4. The highest BCUT2D eigenvalue weighted by molar-refractivity contribution is 5.84. The third-order valence-corrected chi connectivity index (χ3v) is 3.71. The Bertz CT molecular complexity index is 243. The predicted octanol–water partition coefficient (Wildman–Crippen LogP) is 1.74. The van der Waals surface area contributed by atoms with Crippen molar-refractivity contribution in [2.75, 3.05) is 20.1 Å². The minimum atomic E-state index is -0.562. The van der Waals surface area contributed by atoms with Crippen LogP contribution < -0.4 is 11.1 Å². The maximum atomic E-state index is 11.3. The van der Waals surface area contributed by atoms with Gasteiger partial charge in [0.1, 0.15) is 0 Å². The zero-order valence-electron chi connectivity index (χ0n) is 12.8. The maximum Gasteiger partial charge on any atom is 0.237 e. The molecule has 0 aromatic rings. The Kier molecular flexibility index (Phi) is 8.20. The van der Waals surface area contributed by atoms with Crippen LogP contribution in [-0.2, 0) is 4.79 Å². The molecule has 4 nitrogen and oxygen atoms in total. The van der Waals surface area contributed by atoms with Crippen molar-refractivity contribution < 1.29 is 4.79 Å². The molecule has 0 rings (SSSR count). The summed E-state index contributed by atoms with van der Waals surface area (Å²) in [5.41, 5.74) is 4.85. The Morgan fingerprint density at radius 3 is 2.33 bits per heavy atom. The zero-order chi connectivity index (χ0) is 14.2. The largest absolute Gasteiger partial charge is 0.368 e. The van der Waals surface area contributed by atoms with Gasteiger partial charge in [-0.1, -0.05) is 6.92 Å². The van der Waals surface area contributed by atoms with Crippen LogP contribution in [0.4, 0.5) is 0 Å². The van der Waals surface area contributed by atoms with E-state index in [4.69, 9.17) is 5.73 Å². The summed E-state index contributed by atoms with van der Waals surface area (Å²) in [6.45, 7) is 10.8. The van der Waals surface area contributed by atoms with Gasteiger partial charge in [0, 0.05) is 6.04 Å². The van der Waals surface area contributed by atoms with Crippen molar-refractivity contribution in [2.24, 2.45) is 5.73 Å². The standard InChI is InChI=1S/C14H31N3O/c1-6-10-17(12(2)3)11-8-7-9-14(4,16-5)13(15)18/h12,16H,6-11H2,1-5H3,(H2,15,18). The molecule has 0 fully saturated rings. The fraction of sp³-hybridized carbons (Fsp3) is 0.929. The second-order valence-corrected chi connectivity index (χ2v) is 5.53. The third kappa shape index (κ3) is 5.83. The van der Waals surface area contributed by atoms with E-state index < -0.39 is 5.54 Å². The van der Waals surface area contributed by atoms with Crippen LogP contribution in [0.1, 0.15) is 53.4 Å². The van der Waals surface area contributed by atoms with Crippen molar-refractivity contribution in [3.8, 4) is 0 Å². The number of carbonyl (C=O) groups is 1. The molecule has 1 amide bonds. The zero-order valence-corrected chi connectivity index (χ0v) is 12.8. The number of hydrogen-bond acceptors (Lipinski definition) is 3. The van der Waals surface area contributed by atoms with E-state index in [-0.39, 0.29) is 5.91 Å². The Balaban J connectivity index is 4.00. The number of nitrogens with zero attached hydrogens (tertiary/aromatic N) is 1. The average Bonchev–Trinajstić information content (AvgIpc) is 2.32. The van der Waals surface area contributed by atoms with Crippen LogP contribution in [0.25, 0.3) is 0 Å². The molecule has 1 atom stereocenters. The van der Waals surface area contributed by atoms with E-state index >= 15 is 0 Å². The molecular formula is C14H31N3O. The van der Waals surface area contributed by atoms with Crippen LogP contribution >= 0.6 is 0 Å².